The summed E-state index contributed by atoms with van der Waals surface area (Å²) in [6.07, 6.45) is 2.28. The summed E-state index contributed by atoms with van der Waals surface area (Å²) in [7, 11) is 0. The molecular formula is C11H15ClN2O. The third kappa shape index (κ3) is 2.19. The number of halogens is 1. The van der Waals surface area contributed by atoms with Crippen molar-refractivity contribution in [1.29, 1.82) is 0 Å². The van der Waals surface area contributed by atoms with E-state index in [2.05, 4.69) is 0 Å². The molecule has 0 spiro atoms. The van der Waals surface area contributed by atoms with Gasteiger partial charge in [-0.2, -0.15) is 0 Å². The van der Waals surface area contributed by atoms with Crippen LogP contribution in [0.3, 0.4) is 0 Å². The Morgan fingerprint density at radius 3 is 2.87 bits per heavy atom. The second-order valence-corrected chi connectivity index (χ2v) is 4.21. The summed E-state index contributed by atoms with van der Waals surface area (Å²) in [5.41, 5.74) is 8.47. The lowest BCUT2D eigenvalue weighted by Crippen LogP contribution is -2.30. The molecule has 0 bridgehead atoms. The Morgan fingerprint density at radius 2 is 2.20 bits per heavy atom. The molecular weight excluding hydrogens is 212 g/mol. The maximum atomic E-state index is 6.00. The highest BCUT2D eigenvalue weighted by atomic mass is 35.5. The Labute approximate surface area is 94.7 Å². The lowest BCUT2D eigenvalue weighted by Gasteiger charge is -2.29. The van der Waals surface area contributed by atoms with Crippen molar-refractivity contribution in [2.45, 2.75) is 19.8 Å². The summed E-state index contributed by atoms with van der Waals surface area (Å²) in [5, 5.41) is 2.49. The summed E-state index contributed by atoms with van der Waals surface area (Å²) in [6, 6.07) is 3.76. The molecule has 2 N–H and O–H groups in total. The van der Waals surface area contributed by atoms with E-state index in [0.29, 0.717) is 10.7 Å². The number of hydrogen-bond donors (Lipinski definition) is 1. The van der Waals surface area contributed by atoms with Crippen molar-refractivity contribution in [2.75, 3.05) is 23.9 Å². The molecule has 1 heterocycles. The largest absolute Gasteiger partial charge is 0.398 e. The standard InChI is InChI=1S/C11H15ClN2O/c1-8-6-10(13)9(12)7-11(8)14-4-2-3-5-15-14/h6-7H,2-5,13H2,1H3. The molecule has 1 aliphatic rings. The zero-order chi connectivity index (χ0) is 10.8. The number of aryl methyl sites for hydroxylation is 1. The van der Waals surface area contributed by atoms with Gasteiger partial charge in [0.1, 0.15) is 0 Å². The highest BCUT2D eigenvalue weighted by Crippen LogP contribution is 2.30. The minimum atomic E-state index is 0.588. The molecule has 2 rings (SSSR count). The molecule has 1 aliphatic heterocycles. The van der Waals surface area contributed by atoms with Crippen LogP contribution in [0.1, 0.15) is 18.4 Å². The van der Waals surface area contributed by atoms with Crippen LogP contribution >= 0.6 is 11.6 Å². The molecule has 0 amide bonds. The fourth-order valence-corrected chi connectivity index (χ4v) is 1.91. The first-order valence-corrected chi connectivity index (χ1v) is 5.52. The normalized spacial score (nSPS) is 16.8. The van der Waals surface area contributed by atoms with E-state index in [1.165, 1.54) is 0 Å². The van der Waals surface area contributed by atoms with Gasteiger partial charge in [-0.1, -0.05) is 11.6 Å². The minimum absolute atomic E-state index is 0.588. The molecule has 1 aromatic rings. The van der Waals surface area contributed by atoms with E-state index in [1.54, 1.807) is 0 Å². The summed E-state index contributed by atoms with van der Waals surface area (Å²) < 4.78 is 0. The molecule has 1 fully saturated rings. The van der Waals surface area contributed by atoms with Crippen LogP contribution < -0.4 is 10.8 Å². The van der Waals surface area contributed by atoms with Crippen LogP contribution in [-0.2, 0) is 4.84 Å². The zero-order valence-electron chi connectivity index (χ0n) is 8.79. The number of hydroxylamine groups is 1. The van der Waals surface area contributed by atoms with E-state index in [-0.39, 0.29) is 0 Å². The van der Waals surface area contributed by atoms with Crippen LogP contribution in [0.2, 0.25) is 5.02 Å². The number of rotatable bonds is 1. The number of nitrogens with zero attached hydrogens (tertiary/aromatic N) is 1. The van der Waals surface area contributed by atoms with Gasteiger partial charge in [-0.05, 0) is 37.5 Å². The van der Waals surface area contributed by atoms with Crippen LogP contribution in [0, 0.1) is 6.92 Å². The number of benzene rings is 1. The maximum Gasteiger partial charge on any atom is 0.0749 e. The molecule has 1 aromatic carbocycles. The van der Waals surface area contributed by atoms with Gasteiger partial charge in [0.2, 0.25) is 0 Å². The van der Waals surface area contributed by atoms with Gasteiger partial charge in [0.15, 0.2) is 0 Å². The van der Waals surface area contributed by atoms with Gasteiger partial charge < -0.3 is 5.73 Å². The van der Waals surface area contributed by atoms with Crippen molar-refractivity contribution in [3.8, 4) is 0 Å². The minimum Gasteiger partial charge on any atom is -0.398 e. The molecule has 1 saturated heterocycles. The molecule has 0 unspecified atom stereocenters. The van der Waals surface area contributed by atoms with Crippen LogP contribution in [0.25, 0.3) is 0 Å². The second-order valence-electron chi connectivity index (χ2n) is 3.80. The highest BCUT2D eigenvalue weighted by Gasteiger charge is 2.15. The lowest BCUT2D eigenvalue weighted by atomic mass is 10.1. The Bertz CT molecular complexity index is 362. The Hall–Kier alpha value is -0.930. The van der Waals surface area contributed by atoms with E-state index in [0.717, 1.165) is 37.2 Å². The summed E-state index contributed by atoms with van der Waals surface area (Å²) >= 11 is 6.00. The van der Waals surface area contributed by atoms with Gasteiger partial charge in [-0.3, -0.25) is 9.90 Å². The van der Waals surface area contributed by atoms with Gasteiger partial charge in [0, 0.05) is 6.54 Å². The van der Waals surface area contributed by atoms with Gasteiger partial charge >= 0.3 is 0 Å². The monoisotopic (exact) mass is 226 g/mol. The van der Waals surface area contributed by atoms with Crippen LogP contribution in [0.5, 0.6) is 0 Å². The summed E-state index contributed by atoms with van der Waals surface area (Å²) in [6.45, 7) is 3.71. The molecule has 0 aromatic heterocycles. The van der Waals surface area contributed by atoms with Crippen molar-refractivity contribution in [1.82, 2.24) is 0 Å². The maximum absolute atomic E-state index is 6.00. The van der Waals surface area contributed by atoms with Crippen molar-refractivity contribution >= 4 is 23.0 Å². The van der Waals surface area contributed by atoms with Crippen LogP contribution in [-0.4, -0.2) is 13.2 Å². The first-order valence-electron chi connectivity index (χ1n) is 5.14. The van der Waals surface area contributed by atoms with Crippen LogP contribution in [0.15, 0.2) is 12.1 Å². The van der Waals surface area contributed by atoms with Crippen molar-refractivity contribution in [2.24, 2.45) is 0 Å². The molecule has 0 aliphatic carbocycles. The van der Waals surface area contributed by atoms with Gasteiger partial charge in [-0.15, -0.1) is 0 Å². The molecule has 82 valence electrons. The van der Waals surface area contributed by atoms with Gasteiger partial charge in [-0.25, -0.2) is 0 Å². The van der Waals surface area contributed by atoms with Gasteiger partial charge in [0.05, 0.1) is 23.0 Å². The fourth-order valence-electron chi connectivity index (χ4n) is 1.75. The molecule has 15 heavy (non-hydrogen) atoms. The predicted molar refractivity (Wildman–Crippen MR) is 63.1 cm³/mol. The third-order valence-electron chi connectivity index (χ3n) is 2.59. The summed E-state index contributed by atoms with van der Waals surface area (Å²) in [4.78, 5) is 5.57. The second kappa shape index (κ2) is 4.29. The first kappa shape index (κ1) is 10.6. The number of nitrogen functional groups attached to an aromatic ring is 1. The average molecular weight is 227 g/mol. The number of nitrogens with two attached hydrogens (primary N) is 1. The molecule has 3 nitrogen and oxygen atoms in total. The Balaban J connectivity index is 2.30. The highest BCUT2D eigenvalue weighted by molar-refractivity contribution is 6.33. The Morgan fingerprint density at radius 1 is 1.40 bits per heavy atom. The van der Waals surface area contributed by atoms with E-state index < -0.39 is 0 Å². The number of anilines is 2. The lowest BCUT2D eigenvalue weighted by molar-refractivity contribution is 0.0776. The van der Waals surface area contributed by atoms with Crippen molar-refractivity contribution in [3.05, 3.63) is 22.7 Å². The van der Waals surface area contributed by atoms with E-state index in [4.69, 9.17) is 22.2 Å². The fraction of sp³-hybridized carbons (Fsp3) is 0.455. The van der Waals surface area contributed by atoms with Crippen molar-refractivity contribution < 1.29 is 4.84 Å². The molecule has 0 saturated carbocycles. The van der Waals surface area contributed by atoms with E-state index in [9.17, 15) is 0 Å². The molecule has 0 radical (unpaired) electrons. The predicted octanol–water partition coefficient (Wildman–Crippen LogP) is 2.76. The van der Waals surface area contributed by atoms with Crippen LogP contribution in [0.4, 0.5) is 11.4 Å². The first-order chi connectivity index (χ1) is 7.18. The third-order valence-corrected chi connectivity index (χ3v) is 2.91. The zero-order valence-corrected chi connectivity index (χ0v) is 9.55. The summed E-state index contributed by atoms with van der Waals surface area (Å²) in [5.74, 6) is 0. The van der Waals surface area contributed by atoms with E-state index >= 15 is 0 Å². The van der Waals surface area contributed by atoms with Gasteiger partial charge in [0.25, 0.3) is 0 Å². The molecule has 0 atom stereocenters. The number of hydrogen-bond acceptors (Lipinski definition) is 3. The van der Waals surface area contributed by atoms with E-state index in [1.807, 2.05) is 24.1 Å². The molecule has 4 heteroatoms. The smallest absolute Gasteiger partial charge is 0.0749 e. The average Bonchev–Trinajstić information content (AvgIpc) is 2.25. The SMILES string of the molecule is Cc1cc(N)c(Cl)cc1N1CCCCO1. The quantitative estimate of drug-likeness (QED) is 0.749. The Kier molecular flexibility index (Phi) is 3.03. The topological polar surface area (TPSA) is 38.5 Å². The van der Waals surface area contributed by atoms with Crippen molar-refractivity contribution in [3.63, 3.8) is 0 Å².